The Balaban J connectivity index is 1.40. The molecule has 0 atom stereocenters. The third-order valence-electron chi connectivity index (χ3n) is 5.65. The van der Waals surface area contributed by atoms with Crippen LogP contribution >= 0.6 is 11.6 Å². The third-order valence-corrected chi connectivity index (χ3v) is 7.36. The molecule has 0 aliphatic rings. The van der Waals surface area contributed by atoms with E-state index in [4.69, 9.17) is 24.2 Å². The summed E-state index contributed by atoms with van der Waals surface area (Å²) in [5, 5.41) is 8.25. The predicted octanol–water partition coefficient (Wildman–Crippen LogP) is 4.27. The zero-order chi connectivity index (χ0) is 26.0. The molecule has 0 amide bonds. The number of sulfonamides is 1. The monoisotopic (exact) mass is 529 g/mol. The first-order valence-electron chi connectivity index (χ1n) is 11.2. The molecule has 0 saturated carbocycles. The van der Waals surface area contributed by atoms with Crippen molar-refractivity contribution in [2.45, 2.75) is 11.4 Å². The molecule has 0 unspecified atom stereocenters. The highest BCUT2D eigenvalue weighted by Crippen LogP contribution is 2.28. The minimum Gasteiger partial charge on any atom is -0.497 e. The molecule has 3 aromatic carbocycles. The van der Waals surface area contributed by atoms with Gasteiger partial charge in [0.2, 0.25) is 0 Å². The Morgan fingerprint density at radius 2 is 1.84 bits per heavy atom. The highest BCUT2D eigenvalue weighted by molar-refractivity contribution is 7.92. The second kappa shape index (κ2) is 10.2. The van der Waals surface area contributed by atoms with Crippen molar-refractivity contribution in [1.29, 1.82) is 0 Å². The van der Waals surface area contributed by atoms with Crippen LogP contribution in [0.25, 0.3) is 16.9 Å². The molecule has 0 aliphatic heterocycles. The summed E-state index contributed by atoms with van der Waals surface area (Å²) in [4.78, 5) is 4.75. The molecule has 5 aromatic rings. The van der Waals surface area contributed by atoms with Crippen molar-refractivity contribution in [1.82, 2.24) is 14.6 Å². The van der Waals surface area contributed by atoms with E-state index >= 15 is 0 Å². The molecule has 2 aromatic heterocycles. The van der Waals surface area contributed by atoms with Gasteiger partial charge in [-0.15, -0.1) is 0 Å². The lowest BCUT2D eigenvalue weighted by Gasteiger charge is -2.13. The van der Waals surface area contributed by atoms with Crippen LogP contribution in [0.4, 0.5) is 11.5 Å². The highest BCUT2D eigenvalue weighted by atomic mass is 35.5. The maximum atomic E-state index is 12.9. The van der Waals surface area contributed by atoms with Crippen molar-refractivity contribution >= 4 is 52.1 Å². The van der Waals surface area contributed by atoms with Gasteiger partial charge in [0.1, 0.15) is 19.4 Å². The smallest absolute Gasteiger partial charge is 0.262 e. The van der Waals surface area contributed by atoms with Gasteiger partial charge in [-0.25, -0.2) is 13.4 Å². The SMILES string of the molecule is [B]c1cnn2c(NCc3cccc(NS(=O)(=O)c4cccc(OC)c4)c3)cc(-c3ccccc3Cl)nc12. The lowest BCUT2D eigenvalue weighted by molar-refractivity contribution is 0.413. The van der Waals surface area contributed by atoms with Gasteiger partial charge in [-0.2, -0.15) is 9.61 Å². The van der Waals surface area contributed by atoms with Gasteiger partial charge in [0, 0.05) is 41.1 Å². The maximum Gasteiger partial charge on any atom is 0.262 e. The van der Waals surface area contributed by atoms with E-state index in [1.54, 1.807) is 40.9 Å². The Morgan fingerprint density at radius 1 is 1.03 bits per heavy atom. The zero-order valence-electron chi connectivity index (χ0n) is 19.7. The fourth-order valence-corrected chi connectivity index (χ4v) is 5.15. The van der Waals surface area contributed by atoms with Crippen LogP contribution in [0.2, 0.25) is 5.02 Å². The summed E-state index contributed by atoms with van der Waals surface area (Å²) >= 11 is 6.40. The molecule has 8 nitrogen and oxygen atoms in total. The number of hydrogen-bond acceptors (Lipinski definition) is 6. The van der Waals surface area contributed by atoms with Gasteiger partial charge in [0.25, 0.3) is 10.0 Å². The molecule has 5 rings (SSSR count). The number of halogens is 1. The summed E-state index contributed by atoms with van der Waals surface area (Å²) in [7, 11) is 3.79. The molecule has 0 spiro atoms. The Morgan fingerprint density at radius 3 is 2.65 bits per heavy atom. The van der Waals surface area contributed by atoms with E-state index in [0.717, 1.165) is 11.1 Å². The fourth-order valence-electron chi connectivity index (χ4n) is 3.83. The molecule has 0 aliphatic carbocycles. The first-order chi connectivity index (χ1) is 17.8. The molecule has 0 fully saturated rings. The van der Waals surface area contributed by atoms with Gasteiger partial charge >= 0.3 is 0 Å². The summed E-state index contributed by atoms with van der Waals surface area (Å²) in [5.74, 6) is 1.11. The van der Waals surface area contributed by atoms with E-state index in [0.29, 0.717) is 45.6 Å². The van der Waals surface area contributed by atoms with E-state index in [1.165, 1.54) is 25.4 Å². The van der Waals surface area contributed by atoms with Crippen molar-refractivity contribution in [3.63, 3.8) is 0 Å². The highest BCUT2D eigenvalue weighted by Gasteiger charge is 2.16. The molecule has 184 valence electrons. The van der Waals surface area contributed by atoms with Crippen molar-refractivity contribution in [3.05, 3.63) is 95.6 Å². The van der Waals surface area contributed by atoms with Crippen LogP contribution in [0, 0.1) is 0 Å². The van der Waals surface area contributed by atoms with Gasteiger partial charge in [0.05, 0.1) is 17.7 Å². The molecule has 0 saturated heterocycles. The molecule has 0 bridgehead atoms. The topological polar surface area (TPSA) is 97.6 Å². The van der Waals surface area contributed by atoms with Crippen LogP contribution in [-0.2, 0) is 16.6 Å². The van der Waals surface area contributed by atoms with Crippen molar-refractivity contribution in [3.8, 4) is 17.0 Å². The Kier molecular flexibility index (Phi) is 6.77. The number of rotatable bonds is 8. The third kappa shape index (κ3) is 5.25. The predicted molar refractivity (Wildman–Crippen MR) is 146 cm³/mol. The Hall–Kier alpha value is -4.02. The van der Waals surface area contributed by atoms with E-state index < -0.39 is 10.0 Å². The van der Waals surface area contributed by atoms with Crippen LogP contribution in [-0.4, -0.2) is 38.0 Å². The van der Waals surface area contributed by atoms with Crippen LogP contribution in [0.3, 0.4) is 0 Å². The Labute approximate surface area is 220 Å². The molecule has 2 radical (unpaired) electrons. The molecule has 2 heterocycles. The average molecular weight is 530 g/mol. The first-order valence-corrected chi connectivity index (χ1v) is 13.1. The number of ether oxygens (including phenoxy) is 1. The van der Waals surface area contributed by atoms with Gasteiger partial charge in [0.15, 0.2) is 5.65 Å². The number of aromatic nitrogens is 3. The van der Waals surface area contributed by atoms with Crippen LogP contribution in [0.5, 0.6) is 5.75 Å². The molecular formula is C26H21BClN5O3S. The summed E-state index contributed by atoms with van der Waals surface area (Å²) < 4.78 is 35.2. The lowest BCUT2D eigenvalue weighted by Crippen LogP contribution is -2.13. The lowest BCUT2D eigenvalue weighted by atomic mass is 10.0. The number of fused-ring (bicyclic) bond motifs is 1. The average Bonchev–Trinajstić information content (AvgIpc) is 3.28. The molecule has 37 heavy (non-hydrogen) atoms. The number of hydrogen-bond donors (Lipinski definition) is 2. The second-order valence-corrected chi connectivity index (χ2v) is 10.3. The summed E-state index contributed by atoms with van der Waals surface area (Å²) in [5.41, 5.74) is 3.62. The number of benzene rings is 3. The first kappa shape index (κ1) is 24.7. The van der Waals surface area contributed by atoms with E-state index in [1.807, 2.05) is 30.3 Å². The van der Waals surface area contributed by atoms with Gasteiger partial charge < -0.3 is 10.1 Å². The number of anilines is 2. The minimum absolute atomic E-state index is 0.109. The van der Waals surface area contributed by atoms with E-state index in [9.17, 15) is 8.42 Å². The van der Waals surface area contributed by atoms with Crippen molar-refractivity contribution in [2.75, 3.05) is 17.1 Å². The quantitative estimate of drug-likeness (QED) is 0.292. The van der Waals surface area contributed by atoms with E-state index in [2.05, 4.69) is 20.1 Å². The summed E-state index contributed by atoms with van der Waals surface area (Å²) in [6, 6.07) is 22.7. The van der Waals surface area contributed by atoms with Gasteiger partial charge in [-0.3, -0.25) is 4.72 Å². The van der Waals surface area contributed by atoms with Gasteiger partial charge in [-0.05, 0) is 41.4 Å². The normalized spacial score (nSPS) is 11.4. The zero-order valence-corrected chi connectivity index (χ0v) is 21.3. The summed E-state index contributed by atoms with van der Waals surface area (Å²) in [6.45, 7) is 0.384. The number of methoxy groups -OCH3 is 1. The standard InChI is InChI=1S/C26H21BClN5O3S/c1-36-19-8-5-9-20(13-19)37(34,35)32-18-7-4-6-17(12-18)15-29-25-14-24(21-10-2-3-11-23(21)28)31-26-22(27)16-30-33(25)26/h2-14,16,29,32H,15H2,1H3. The van der Waals surface area contributed by atoms with Crippen molar-refractivity contribution < 1.29 is 13.2 Å². The molecule has 11 heteroatoms. The largest absolute Gasteiger partial charge is 0.497 e. The second-order valence-electron chi connectivity index (χ2n) is 8.18. The van der Waals surface area contributed by atoms with Crippen molar-refractivity contribution in [2.24, 2.45) is 0 Å². The van der Waals surface area contributed by atoms with E-state index in [-0.39, 0.29) is 4.90 Å². The fraction of sp³-hybridized carbons (Fsp3) is 0.0769. The maximum absolute atomic E-state index is 12.9. The van der Waals surface area contributed by atoms with Gasteiger partial charge in [-0.1, -0.05) is 48.0 Å². The van der Waals surface area contributed by atoms with Crippen LogP contribution in [0.1, 0.15) is 5.56 Å². The Bertz CT molecular complexity index is 1710. The number of nitrogens with zero attached hydrogens (tertiary/aromatic N) is 3. The minimum atomic E-state index is -3.80. The number of nitrogens with one attached hydrogen (secondary N) is 2. The molecular weight excluding hydrogens is 509 g/mol. The molecule has 2 N–H and O–H groups in total. The van der Waals surface area contributed by atoms with Crippen LogP contribution < -0.4 is 20.2 Å². The van der Waals surface area contributed by atoms with Crippen LogP contribution in [0.15, 0.2) is 90.0 Å². The summed E-state index contributed by atoms with van der Waals surface area (Å²) in [6.07, 6.45) is 1.54.